The third kappa shape index (κ3) is 4.25. The van der Waals surface area contributed by atoms with E-state index in [1.54, 1.807) is 19.3 Å². The van der Waals surface area contributed by atoms with E-state index in [1.807, 2.05) is 6.08 Å². The Labute approximate surface area is 109 Å². The molecule has 0 fully saturated rings. The topological polar surface area (TPSA) is 83.5 Å². The number of aliphatic carboxylic acids is 1. The van der Waals surface area contributed by atoms with Gasteiger partial charge in [0.2, 0.25) is 5.91 Å². The number of hydrogen-bond acceptors (Lipinski definition) is 3. The van der Waals surface area contributed by atoms with E-state index in [0.29, 0.717) is 18.6 Å². The third-order valence-corrected chi connectivity index (χ3v) is 3.93. The Morgan fingerprint density at radius 2 is 1.94 bits per heavy atom. The van der Waals surface area contributed by atoms with Crippen LogP contribution in [-0.4, -0.2) is 39.2 Å². The quantitative estimate of drug-likeness (QED) is 0.716. The molecule has 0 saturated heterocycles. The smallest absolute Gasteiger partial charge is 0.307 e. The first kappa shape index (κ1) is 14.9. The number of rotatable bonds is 5. The molecule has 5 nitrogen and oxygen atoms in total. The van der Waals surface area contributed by atoms with Crippen molar-refractivity contribution in [3.05, 3.63) is 12.2 Å². The lowest BCUT2D eigenvalue weighted by Gasteiger charge is -2.25. The van der Waals surface area contributed by atoms with E-state index in [4.69, 9.17) is 5.11 Å². The van der Waals surface area contributed by atoms with Crippen LogP contribution in [0.1, 0.15) is 19.8 Å². The molecule has 18 heavy (non-hydrogen) atoms. The molecule has 4 atom stereocenters. The Kier molecular flexibility index (Phi) is 5.53. The molecular weight excluding hydrogens is 254 g/mol. The molecule has 1 rings (SSSR count). The Morgan fingerprint density at radius 1 is 1.39 bits per heavy atom. The number of carbonyl (C=O) groups is 2. The second-order valence-corrected chi connectivity index (χ2v) is 6.12. The highest BCUT2D eigenvalue weighted by Crippen LogP contribution is 2.26. The Morgan fingerprint density at radius 3 is 2.44 bits per heavy atom. The predicted molar refractivity (Wildman–Crippen MR) is 69.5 cm³/mol. The van der Waals surface area contributed by atoms with Gasteiger partial charge in [-0.3, -0.25) is 13.8 Å². The second-order valence-electron chi connectivity index (χ2n) is 4.64. The largest absolute Gasteiger partial charge is 0.481 e. The van der Waals surface area contributed by atoms with Crippen LogP contribution in [-0.2, 0) is 20.4 Å². The monoisotopic (exact) mass is 273 g/mol. The number of nitrogens with one attached hydrogen (secondary N) is 1. The molecule has 0 spiro atoms. The Bertz CT molecular complexity index is 380. The number of carboxylic acids is 1. The van der Waals surface area contributed by atoms with Crippen LogP contribution in [0.2, 0.25) is 0 Å². The zero-order valence-electron chi connectivity index (χ0n) is 10.6. The zero-order valence-corrected chi connectivity index (χ0v) is 11.4. The van der Waals surface area contributed by atoms with E-state index in [0.717, 1.165) is 0 Å². The molecule has 0 aromatic carbocycles. The van der Waals surface area contributed by atoms with Crippen molar-refractivity contribution >= 4 is 22.7 Å². The highest BCUT2D eigenvalue weighted by molar-refractivity contribution is 7.84. The molecule has 1 aliphatic carbocycles. The van der Waals surface area contributed by atoms with Crippen LogP contribution in [0.25, 0.3) is 0 Å². The molecule has 102 valence electrons. The maximum absolute atomic E-state index is 12.0. The van der Waals surface area contributed by atoms with Gasteiger partial charge in [-0.15, -0.1) is 0 Å². The summed E-state index contributed by atoms with van der Waals surface area (Å²) < 4.78 is 11.0. The number of hydrogen-bond donors (Lipinski definition) is 2. The summed E-state index contributed by atoms with van der Waals surface area (Å²) in [5.41, 5.74) is 0. The fourth-order valence-corrected chi connectivity index (χ4v) is 2.91. The maximum Gasteiger partial charge on any atom is 0.307 e. The summed E-state index contributed by atoms with van der Waals surface area (Å²) in [6.45, 7) is 1.77. The summed E-state index contributed by atoms with van der Waals surface area (Å²) >= 11 is 0. The molecule has 6 heteroatoms. The second kappa shape index (κ2) is 6.68. The standard InChI is InChI=1S/C12H19NO4S/c1-8(7-18(2)17)13-11(14)9-5-3-4-6-10(9)12(15)16/h3-4,8-10H,5-7H2,1-2H3,(H,13,14)(H,15,16). The first-order valence-corrected chi connectivity index (χ1v) is 7.62. The van der Waals surface area contributed by atoms with Gasteiger partial charge in [0.1, 0.15) is 0 Å². The van der Waals surface area contributed by atoms with Gasteiger partial charge in [0, 0.05) is 28.9 Å². The Hall–Kier alpha value is -1.17. The van der Waals surface area contributed by atoms with Crippen LogP contribution < -0.4 is 5.32 Å². The molecule has 0 aliphatic heterocycles. The minimum atomic E-state index is -0.980. The number of amides is 1. The van der Waals surface area contributed by atoms with E-state index in [-0.39, 0.29) is 11.9 Å². The summed E-state index contributed by atoms with van der Waals surface area (Å²) in [6, 6.07) is -0.205. The van der Waals surface area contributed by atoms with Crippen molar-refractivity contribution < 1.29 is 18.9 Å². The van der Waals surface area contributed by atoms with Crippen molar-refractivity contribution in [3.63, 3.8) is 0 Å². The lowest BCUT2D eigenvalue weighted by Crippen LogP contribution is -2.44. The van der Waals surface area contributed by atoms with Gasteiger partial charge >= 0.3 is 5.97 Å². The molecule has 0 aromatic heterocycles. The summed E-state index contributed by atoms with van der Waals surface area (Å²) in [7, 11) is -0.980. The first-order valence-electron chi connectivity index (χ1n) is 5.90. The Balaban J connectivity index is 2.61. The zero-order chi connectivity index (χ0) is 13.7. The maximum atomic E-state index is 12.0. The minimum Gasteiger partial charge on any atom is -0.481 e. The van der Waals surface area contributed by atoms with E-state index in [2.05, 4.69) is 5.32 Å². The van der Waals surface area contributed by atoms with Crippen LogP contribution in [0, 0.1) is 11.8 Å². The van der Waals surface area contributed by atoms with Crippen molar-refractivity contribution in [3.8, 4) is 0 Å². The predicted octanol–water partition coefficient (Wildman–Crippen LogP) is 0.537. The average molecular weight is 273 g/mol. The van der Waals surface area contributed by atoms with Crippen molar-refractivity contribution in [1.29, 1.82) is 0 Å². The van der Waals surface area contributed by atoms with Crippen LogP contribution in [0.5, 0.6) is 0 Å². The van der Waals surface area contributed by atoms with E-state index >= 15 is 0 Å². The third-order valence-electron chi connectivity index (χ3n) is 2.96. The van der Waals surface area contributed by atoms with E-state index < -0.39 is 28.6 Å². The molecule has 1 aliphatic rings. The normalized spacial score (nSPS) is 26.3. The van der Waals surface area contributed by atoms with Gasteiger partial charge in [-0.25, -0.2) is 0 Å². The van der Waals surface area contributed by atoms with Gasteiger partial charge in [0.25, 0.3) is 0 Å². The van der Waals surface area contributed by atoms with Gasteiger partial charge in [-0.2, -0.15) is 0 Å². The van der Waals surface area contributed by atoms with E-state index in [9.17, 15) is 13.8 Å². The average Bonchev–Trinajstić information content (AvgIpc) is 2.27. The summed E-state index contributed by atoms with van der Waals surface area (Å²) in [5.74, 6) is -2.00. The highest BCUT2D eigenvalue weighted by Gasteiger charge is 2.34. The summed E-state index contributed by atoms with van der Waals surface area (Å²) in [4.78, 5) is 23.1. The minimum absolute atomic E-state index is 0.205. The summed E-state index contributed by atoms with van der Waals surface area (Å²) in [5, 5.41) is 11.8. The molecular formula is C12H19NO4S. The van der Waals surface area contributed by atoms with Gasteiger partial charge < -0.3 is 10.4 Å². The van der Waals surface area contributed by atoms with E-state index in [1.165, 1.54) is 0 Å². The SMILES string of the molecule is CC(CS(C)=O)NC(=O)C1CC=CCC1C(=O)O. The van der Waals surface area contributed by atoms with Crippen molar-refractivity contribution in [2.45, 2.75) is 25.8 Å². The van der Waals surface area contributed by atoms with Crippen LogP contribution in [0.4, 0.5) is 0 Å². The molecule has 2 N–H and O–H groups in total. The highest BCUT2D eigenvalue weighted by atomic mass is 32.2. The van der Waals surface area contributed by atoms with Gasteiger partial charge in [-0.1, -0.05) is 12.2 Å². The summed E-state index contributed by atoms with van der Waals surface area (Å²) in [6.07, 6.45) is 6.05. The van der Waals surface area contributed by atoms with Crippen LogP contribution >= 0.6 is 0 Å². The lowest BCUT2D eigenvalue weighted by molar-refractivity contribution is -0.147. The lowest BCUT2D eigenvalue weighted by atomic mass is 9.82. The molecule has 4 unspecified atom stereocenters. The number of carbonyl (C=O) groups excluding carboxylic acids is 1. The number of carboxylic acid groups (broad SMARTS) is 1. The van der Waals surface area contributed by atoms with Crippen LogP contribution in [0.15, 0.2) is 12.2 Å². The van der Waals surface area contributed by atoms with Crippen molar-refractivity contribution in [2.24, 2.45) is 11.8 Å². The fourth-order valence-electron chi connectivity index (χ4n) is 2.12. The molecule has 0 aromatic rings. The fraction of sp³-hybridized carbons (Fsp3) is 0.667. The number of allylic oxidation sites excluding steroid dienone is 2. The molecule has 0 saturated carbocycles. The molecule has 0 radical (unpaired) electrons. The van der Waals surface area contributed by atoms with Crippen LogP contribution in [0.3, 0.4) is 0 Å². The first-order chi connectivity index (χ1) is 8.41. The van der Waals surface area contributed by atoms with Gasteiger partial charge in [0.15, 0.2) is 0 Å². The molecule has 0 heterocycles. The van der Waals surface area contributed by atoms with Crippen molar-refractivity contribution in [1.82, 2.24) is 5.32 Å². The van der Waals surface area contributed by atoms with Crippen molar-refractivity contribution in [2.75, 3.05) is 12.0 Å². The van der Waals surface area contributed by atoms with Gasteiger partial charge in [0.05, 0.1) is 11.8 Å². The molecule has 1 amide bonds. The van der Waals surface area contributed by atoms with Gasteiger partial charge in [-0.05, 0) is 19.8 Å². The molecule has 0 bridgehead atoms.